The Kier molecular flexibility index (Phi) is 18.8. The minimum absolute atomic E-state index is 0.960. The summed E-state index contributed by atoms with van der Waals surface area (Å²) in [5.74, 6) is 0. The lowest BCUT2D eigenvalue weighted by Gasteiger charge is -2.03. The van der Waals surface area contributed by atoms with Gasteiger partial charge >= 0.3 is 8.60 Å². The standard InChI is InChI=1S/C18H37O3P/c1-2-3-4-5-6-7-8-9-10-11-12-13-14-15-16-17-18-21-22(19)20/h17-20H,2-16H2,1H3/b18-17+. The molecule has 0 bridgehead atoms. The highest BCUT2D eigenvalue weighted by atomic mass is 31.2. The largest absolute Gasteiger partial charge is 0.435 e. The molecule has 0 aliphatic heterocycles. The van der Waals surface area contributed by atoms with Crippen molar-refractivity contribution < 1.29 is 14.3 Å². The Balaban J connectivity index is 3.01. The molecule has 0 amide bonds. The van der Waals surface area contributed by atoms with Gasteiger partial charge in [0.1, 0.15) is 0 Å². The first kappa shape index (κ1) is 21.9. The first-order valence-corrected chi connectivity index (χ1v) is 10.4. The third-order valence-electron chi connectivity index (χ3n) is 3.98. The van der Waals surface area contributed by atoms with E-state index in [-0.39, 0.29) is 0 Å². The van der Waals surface area contributed by atoms with Gasteiger partial charge in [-0.05, 0) is 18.9 Å². The molecule has 132 valence electrons. The van der Waals surface area contributed by atoms with Crippen LogP contribution in [0.25, 0.3) is 0 Å². The van der Waals surface area contributed by atoms with Crippen molar-refractivity contribution in [1.82, 2.24) is 0 Å². The normalized spacial score (nSPS) is 11.6. The van der Waals surface area contributed by atoms with Gasteiger partial charge < -0.3 is 14.3 Å². The van der Waals surface area contributed by atoms with Gasteiger partial charge in [0.2, 0.25) is 0 Å². The lowest BCUT2D eigenvalue weighted by Crippen LogP contribution is -1.83. The highest BCUT2D eigenvalue weighted by molar-refractivity contribution is 7.39. The van der Waals surface area contributed by atoms with E-state index in [1.807, 2.05) is 6.08 Å². The van der Waals surface area contributed by atoms with Crippen molar-refractivity contribution >= 4 is 8.60 Å². The quantitative estimate of drug-likeness (QED) is 0.179. The summed E-state index contributed by atoms with van der Waals surface area (Å²) >= 11 is 0. The molecule has 22 heavy (non-hydrogen) atoms. The molecule has 0 saturated carbocycles. The van der Waals surface area contributed by atoms with E-state index in [4.69, 9.17) is 9.79 Å². The summed E-state index contributed by atoms with van der Waals surface area (Å²) in [5, 5.41) is 0. The van der Waals surface area contributed by atoms with E-state index < -0.39 is 8.60 Å². The van der Waals surface area contributed by atoms with Gasteiger partial charge in [-0.15, -0.1) is 0 Å². The van der Waals surface area contributed by atoms with Gasteiger partial charge in [-0.2, -0.15) is 0 Å². The molecular weight excluding hydrogens is 295 g/mol. The van der Waals surface area contributed by atoms with E-state index in [1.54, 1.807) is 0 Å². The van der Waals surface area contributed by atoms with Crippen molar-refractivity contribution in [3.63, 3.8) is 0 Å². The Labute approximate surface area is 139 Å². The van der Waals surface area contributed by atoms with Crippen LogP contribution < -0.4 is 0 Å². The second-order valence-corrected chi connectivity index (χ2v) is 6.83. The number of allylic oxidation sites excluding steroid dienone is 1. The first-order valence-electron chi connectivity index (χ1n) is 9.27. The van der Waals surface area contributed by atoms with Crippen LogP contribution in [0.2, 0.25) is 0 Å². The van der Waals surface area contributed by atoms with Gasteiger partial charge in [0.15, 0.2) is 0 Å². The van der Waals surface area contributed by atoms with Crippen molar-refractivity contribution in [2.75, 3.05) is 0 Å². The molecule has 0 atom stereocenters. The molecule has 0 saturated heterocycles. The average Bonchev–Trinajstić information content (AvgIpc) is 2.50. The van der Waals surface area contributed by atoms with Gasteiger partial charge in [0.25, 0.3) is 0 Å². The molecular formula is C18H37O3P. The molecule has 0 unspecified atom stereocenters. The van der Waals surface area contributed by atoms with Crippen molar-refractivity contribution in [2.24, 2.45) is 0 Å². The van der Waals surface area contributed by atoms with E-state index in [0.29, 0.717) is 0 Å². The van der Waals surface area contributed by atoms with Crippen molar-refractivity contribution in [3.05, 3.63) is 12.3 Å². The Bertz CT molecular complexity index is 232. The van der Waals surface area contributed by atoms with E-state index in [2.05, 4.69) is 11.4 Å². The van der Waals surface area contributed by atoms with E-state index >= 15 is 0 Å². The van der Waals surface area contributed by atoms with Gasteiger partial charge in [-0.25, -0.2) is 0 Å². The molecule has 0 heterocycles. The van der Waals surface area contributed by atoms with Crippen LogP contribution in [-0.2, 0) is 4.52 Å². The zero-order valence-electron chi connectivity index (χ0n) is 14.5. The molecule has 0 rings (SSSR count). The van der Waals surface area contributed by atoms with Crippen LogP contribution >= 0.6 is 8.60 Å². The Morgan fingerprint density at radius 2 is 1.09 bits per heavy atom. The summed E-state index contributed by atoms with van der Waals surface area (Å²) in [5.41, 5.74) is 0. The van der Waals surface area contributed by atoms with Crippen molar-refractivity contribution in [1.29, 1.82) is 0 Å². The molecule has 4 heteroatoms. The molecule has 2 N–H and O–H groups in total. The van der Waals surface area contributed by atoms with E-state index in [0.717, 1.165) is 12.8 Å². The second-order valence-electron chi connectivity index (χ2n) is 6.11. The summed E-state index contributed by atoms with van der Waals surface area (Å²) < 4.78 is 4.56. The summed E-state index contributed by atoms with van der Waals surface area (Å²) in [4.78, 5) is 17.0. The maximum absolute atomic E-state index is 8.52. The summed E-state index contributed by atoms with van der Waals surface area (Å²) in [6, 6.07) is 0. The molecule has 0 aromatic carbocycles. The van der Waals surface area contributed by atoms with Gasteiger partial charge in [-0.3, -0.25) is 0 Å². The molecule has 0 spiro atoms. The van der Waals surface area contributed by atoms with Gasteiger partial charge in [0.05, 0.1) is 6.26 Å². The number of hydrogen-bond acceptors (Lipinski definition) is 3. The van der Waals surface area contributed by atoms with Gasteiger partial charge in [-0.1, -0.05) is 90.4 Å². The molecule has 3 nitrogen and oxygen atoms in total. The third kappa shape index (κ3) is 19.9. The zero-order valence-corrected chi connectivity index (χ0v) is 15.4. The summed E-state index contributed by atoms with van der Waals surface area (Å²) in [7, 11) is -2.23. The Morgan fingerprint density at radius 1 is 0.682 bits per heavy atom. The minimum Gasteiger partial charge on any atom is -0.435 e. The molecule has 0 aliphatic carbocycles. The fourth-order valence-electron chi connectivity index (χ4n) is 2.62. The number of rotatable bonds is 17. The highest BCUT2D eigenvalue weighted by Gasteiger charge is 1.94. The average molecular weight is 332 g/mol. The maximum atomic E-state index is 8.52. The highest BCUT2D eigenvalue weighted by Crippen LogP contribution is 2.24. The van der Waals surface area contributed by atoms with Gasteiger partial charge in [0, 0.05) is 0 Å². The Hall–Kier alpha value is -0.110. The monoisotopic (exact) mass is 332 g/mol. The maximum Gasteiger partial charge on any atom is 0.390 e. The molecule has 0 fully saturated rings. The summed E-state index contributed by atoms with van der Waals surface area (Å²) in [6.45, 7) is 2.27. The third-order valence-corrected chi connectivity index (χ3v) is 4.29. The van der Waals surface area contributed by atoms with Crippen LogP contribution in [-0.4, -0.2) is 9.79 Å². The lowest BCUT2D eigenvalue weighted by atomic mass is 10.0. The van der Waals surface area contributed by atoms with Crippen LogP contribution in [0.4, 0.5) is 0 Å². The first-order chi connectivity index (χ1) is 10.8. The second kappa shape index (κ2) is 18.9. The van der Waals surface area contributed by atoms with Crippen LogP contribution in [0.15, 0.2) is 12.3 Å². The van der Waals surface area contributed by atoms with Crippen LogP contribution in [0.5, 0.6) is 0 Å². The fourth-order valence-corrected chi connectivity index (χ4v) is 2.82. The predicted octanol–water partition coefficient (Wildman–Crippen LogP) is 6.60. The minimum atomic E-state index is -2.23. The predicted molar refractivity (Wildman–Crippen MR) is 96.5 cm³/mol. The van der Waals surface area contributed by atoms with E-state index in [9.17, 15) is 0 Å². The number of unbranched alkanes of at least 4 members (excludes halogenated alkanes) is 14. The van der Waals surface area contributed by atoms with Crippen LogP contribution in [0, 0.1) is 0 Å². The lowest BCUT2D eigenvalue weighted by molar-refractivity contribution is 0.341. The van der Waals surface area contributed by atoms with Crippen molar-refractivity contribution in [3.8, 4) is 0 Å². The Morgan fingerprint density at radius 3 is 1.50 bits per heavy atom. The van der Waals surface area contributed by atoms with Crippen LogP contribution in [0.3, 0.4) is 0 Å². The topological polar surface area (TPSA) is 49.7 Å². The number of hydrogen-bond donors (Lipinski definition) is 2. The smallest absolute Gasteiger partial charge is 0.390 e. The molecule has 0 radical (unpaired) electrons. The van der Waals surface area contributed by atoms with Crippen molar-refractivity contribution in [2.45, 2.75) is 103 Å². The molecule has 0 aromatic heterocycles. The summed E-state index contributed by atoms with van der Waals surface area (Å²) in [6.07, 6.45) is 23.4. The van der Waals surface area contributed by atoms with E-state index in [1.165, 1.54) is 89.7 Å². The fraction of sp³-hybridized carbons (Fsp3) is 0.889. The molecule has 0 aromatic rings. The zero-order chi connectivity index (χ0) is 16.3. The molecule has 0 aliphatic rings. The SMILES string of the molecule is CCCCCCCCCCCCCCCC/C=C/OP(O)O. The van der Waals surface area contributed by atoms with Crippen LogP contribution in [0.1, 0.15) is 103 Å².